The van der Waals surface area contributed by atoms with Crippen LogP contribution >= 0.6 is 27.7 Å². The molecule has 0 saturated carbocycles. The van der Waals surface area contributed by atoms with E-state index in [1.165, 1.54) is 12.8 Å². The SMILES string of the molecule is Cc1nn(C(C)C)c2c(SCC(CCCCCC(C)C)C(=O)O)cc(Br)nc12. The van der Waals surface area contributed by atoms with E-state index in [-0.39, 0.29) is 12.0 Å². The maximum Gasteiger partial charge on any atom is 0.307 e. The van der Waals surface area contributed by atoms with Crippen molar-refractivity contribution in [3.05, 3.63) is 16.4 Å². The molecule has 0 aliphatic heterocycles. The number of carboxylic acid groups (broad SMARTS) is 1. The lowest BCUT2D eigenvalue weighted by Crippen LogP contribution is -2.16. The number of hydrogen-bond donors (Lipinski definition) is 1. The molecule has 0 saturated heterocycles. The van der Waals surface area contributed by atoms with E-state index in [0.29, 0.717) is 11.7 Å². The lowest BCUT2D eigenvalue weighted by Gasteiger charge is -2.14. The summed E-state index contributed by atoms with van der Waals surface area (Å²) < 4.78 is 2.75. The van der Waals surface area contributed by atoms with Gasteiger partial charge in [0.2, 0.25) is 0 Å². The summed E-state index contributed by atoms with van der Waals surface area (Å²) in [7, 11) is 0. The number of fused-ring (bicyclic) bond motifs is 1. The van der Waals surface area contributed by atoms with Gasteiger partial charge in [-0.25, -0.2) is 4.98 Å². The number of thioether (sulfide) groups is 1. The Labute approximate surface area is 180 Å². The number of unbranched alkanes of at least 4 members (excludes halogenated alkanes) is 2. The molecule has 0 amide bonds. The molecule has 0 aromatic carbocycles. The molecule has 28 heavy (non-hydrogen) atoms. The highest BCUT2D eigenvalue weighted by molar-refractivity contribution is 9.10. The van der Waals surface area contributed by atoms with Crippen molar-refractivity contribution in [1.82, 2.24) is 14.8 Å². The Kier molecular flexibility index (Phi) is 8.81. The third kappa shape index (κ3) is 6.21. The van der Waals surface area contributed by atoms with Crippen molar-refractivity contribution < 1.29 is 9.90 Å². The highest BCUT2D eigenvalue weighted by Crippen LogP contribution is 2.34. The van der Waals surface area contributed by atoms with Crippen molar-refractivity contribution in [2.75, 3.05) is 5.75 Å². The summed E-state index contributed by atoms with van der Waals surface area (Å²) in [5, 5.41) is 14.3. The molecular formula is C21H32BrN3O2S. The summed E-state index contributed by atoms with van der Waals surface area (Å²) in [4.78, 5) is 17.4. The van der Waals surface area contributed by atoms with Gasteiger partial charge in [0, 0.05) is 16.7 Å². The van der Waals surface area contributed by atoms with Gasteiger partial charge in [0.05, 0.1) is 11.6 Å². The minimum absolute atomic E-state index is 0.217. The first kappa shape index (κ1) is 23.2. The first-order valence-corrected chi connectivity index (χ1v) is 11.9. The number of pyridine rings is 1. The van der Waals surface area contributed by atoms with E-state index in [2.05, 4.69) is 53.7 Å². The van der Waals surface area contributed by atoms with Gasteiger partial charge in [0.15, 0.2) is 0 Å². The molecule has 2 aromatic heterocycles. The smallest absolute Gasteiger partial charge is 0.307 e. The molecule has 156 valence electrons. The monoisotopic (exact) mass is 469 g/mol. The third-order valence-electron chi connectivity index (χ3n) is 4.87. The van der Waals surface area contributed by atoms with E-state index < -0.39 is 5.97 Å². The number of hydrogen-bond acceptors (Lipinski definition) is 4. The van der Waals surface area contributed by atoms with E-state index in [4.69, 9.17) is 0 Å². The standard InChI is InChI=1S/C21H32BrN3O2S/c1-13(2)9-7-6-8-10-16(21(26)27)12-28-17-11-18(22)23-19-15(5)24-25(14(3)4)20(17)19/h11,13-14,16H,6-10,12H2,1-5H3,(H,26,27). The fourth-order valence-corrected chi connectivity index (χ4v) is 5.06. The number of aromatic nitrogens is 3. The summed E-state index contributed by atoms with van der Waals surface area (Å²) in [5.41, 5.74) is 2.78. The van der Waals surface area contributed by atoms with E-state index in [9.17, 15) is 9.90 Å². The largest absolute Gasteiger partial charge is 0.481 e. The number of halogens is 1. The zero-order valence-corrected chi connectivity index (χ0v) is 19.9. The molecule has 0 aliphatic rings. The van der Waals surface area contributed by atoms with Gasteiger partial charge in [-0.2, -0.15) is 5.10 Å². The van der Waals surface area contributed by atoms with Gasteiger partial charge in [0.1, 0.15) is 15.6 Å². The molecule has 2 rings (SSSR count). The van der Waals surface area contributed by atoms with Crippen LogP contribution in [0.2, 0.25) is 0 Å². The van der Waals surface area contributed by atoms with E-state index in [1.54, 1.807) is 11.8 Å². The predicted octanol–water partition coefficient (Wildman–Crippen LogP) is 6.48. The zero-order chi connectivity index (χ0) is 20.8. The maximum absolute atomic E-state index is 11.8. The van der Waals surface area contributed by atoms with Crippen LogP contribution in [-0.2, 0) is 4.79 Å². The summed E-state index contributed by atoms with van der Waals surface area (Å²) in [6, 6.07) is 2.20. The second-order valence-corrected chi connectivity index (χ2v) is 10.0. The second kappa shape index (κ2) is 10.6. The Bertz CT molecular complexity index is 805. The molecule has 1 unspecified atom stereocenters. The molecule has 5 nitrogen and oxygen atoms in total. The van der Waals surface area contributed by atoms with Gasteiger partial charge in [0.25, 0.3) is 0 Å². The maximum atomic E-state index is 11.8. The fourth-order valence-electron chi connectivity index (χ4n) is 3.29. The van der Waals surface area contributed by atoms with E-state index in [0.717, 1.165) is 45.5 Å². The number of aliphatic carboxylic acids is 1. The van der Waals surface area contributed by atoms with Crippen LogP contribution in [0.15, 0.2) is 15.6 Å². The molecule has 7 heteroatoms. The molecular weight excluding hydrogens is 438 g/mol. The van der Waals surface area contributed by atoms with Crippen molar-refractivity contribution in [3.63, 3.8) is 0 Å². The second-order valence-electron chi connectivity index (χ2n) is 8.14. The molecule has 2 aromatic rings. The van der Waals surface area contributed by atoms with Crippen LogP contribution in [0.25, 0.3) is 11.0 Å². The highest BCUT2D eigenvalue weighted by atomic mass is 79.9. The lowest BCUT2D eigenvalue weighted by molar-refractivity contribution is -0.141. The van der Waals surface area contributed by atoms with E-state index >= 15 is 0 Å². The quantitative estimate of drug-likeness (QED) is 0.231. The first-order chi connectivity index (χ1) is 13.2. The Morgan fingerprint density at radius 3 is 2.50 bits per heavy atom. The van der Waals surface area contributed by atoms with Crippen molar-refractivity contribution in [2.24, 2.45) is 11.8 Å². The van der Waals surface area contributed by atoms with Crippen LogP contribution < -0.4 is 0 Å². The first-order valence-electron chi connectivity index (χ1n) is 10.1. The van der Waals surface area contributed by atoms with Gasteiger partial charge in [-0.3, -0.25) is 9.48 Å². The molecule has 0 bridgehead atoms. The average Bonchev–Trinajstić information content (AvgIpc) is 2.93. The number of nitrogens with zero attached hydrogens (tertiary/aromatic N) is 3. The van der Waals surface area contributed by atoms with Crippen LogP contribution in [-0.4, -0.2) is 31.6 Å². The van der Waals surface area contributed by atoms with Gasteiger partial charge in [-0.15, -0.1) is 11.8 Å². The number of carbonyl (C=O) groups is 1. The fraction of sp³-hybridized carbons (Fsp3) is 0.667. The van der Waals surface area contributed by atoms with Gasteiger partial charge >= 0.3 is 5.97 Å². The van der Waals surface area contributed by atoms with Crippen LogP contribution in [0.4, 0.5) is 0 Å². The third-order valence-corrected chi connectivity index (χ3v) is 6.47. The average molecular weight is 470 g/mol. The molecule has 2 heterocycles. The van der Waals surface area contributed by atoms with Crippen molar-refractivity contribution in [2.45, 2.75) is 77.7 Å². The topological polar surface area (TPSA) is 68.0 Å². The predicted molar refractivity (Wildman–Crippen MR) is 120 cm³/mol. The minimum Gasteiger partial charge on any atom is -0.481 e. The van der Waals surface area contributed by atoms with Crippen LogP contribution in [0.1, 0.15) is 71.5 Å². The zero-order valence-electron chi connectivity index (χ0n) is 17.5. The summed E-state index contributed by atoms with van der Waals surface area (Å²) in [5.74, 6) is 0.248. The summed E-state index contributed by atoms with van der Waals surface area (Å²) in [6.45, 7) is 10.6. The highest BCUT2D eigenvalue weighted by Gasteiger charge is 2.21. The van der Waals surface area contributed by atoms with Crippen LogP contribution in [0, 0.1) is 18.8 Å². The Morgan fingerprint density at radius 2 is 1.89 bits per heavy atom. The van der Waals surface area contributed by atoms with Crippen LogP contribution in [0.5, 0.6) is 0 Å². The molecule has 0 aliphatic carbocycles. The minimum atomic E-state index is -0.700. The number of aryl methyl sites for hydroxylation is 1. The van der Waals surface area contributed by atoms with Crippen LogP contribution in [0.3, 0.4) is 0 Å². The summed E-state index contributed by atoms with van der Waals surface area (Å²) in [6.07, 6.45) is 5.22. The summed E-state index contributed by atoms with van der Waals surface area (Å²) >= 11 is 5.10. The molecule has 0 spiro atoms. The Hall–Kier alpha value is -1.08. The van der Waals surface area contributed by atoms with Crippen molar-refractivity contribution >= 4 is 44.7 Å². The lowest BCUT2D eigenvalue weighted by atomic mass is 10.0. The van der Waals surface area contributed by atoms with Crippen molar-refractivity contribution in [3.8, 4) is 0 Å². The Balaban J connectivity index is 2.10. The molecule has 0 radical (unpaired) electrons. The molecule has 1 N–H and O–H groups in total. The number of rotatable bonds is 11. The number of carboxylic acids is 1. The van der Waals surface area contributed by atoms with E-state index in [1.807, 2.05) is 17.7 Å². The Morgan fingerprint density at radius 1 is 1.21 bits per heavy atom. The van der Waals surface area contributed by atoms with Gasteiger partial charge < -0.3 is 5.11 Å². The van der Waals surface area contributed by atoms with Gasteiger partial charge in [-0.05, 0) is 55.1 Å². The molecule has 1 atom stereocenters. The molecule has 0 fully saturated rings. The van der Waals surface area contributed by atoms with Gasteiger partial charge in [-0.1, -0.05) is 39.5 Å². The van der Waals surface area contributed by atoms with Crippen molar-refractivity contribution in [1.29, 1.82) is 0 Å². The normalized spacial score (nSPS) is 13.0.